The number of anilines is 3. The third-order valence-electron chi connectivity index (χ3n) is 2.21. The molecule has 0 bridgehead atoms. The second-order valence-corrected chi connectivity index (χ2v) is 4.32. The van der Waals surface area contributed by atoms with Crippen molar-refractivity contribution in [2.75, 3.05) is 11.1 Å². The van der Waals surface area contributed by atoms with E-state index >= 15 is 0 Å². The van der Waals surface area contributed by atoms with Gasteiger partial charge in [-0.05, 0) is 36.4 Å². The lowest BCUT2D eigenvalue weighted by Gasteiger charge is -2.11. The normalized spacial score (nSPS) is 10.3. The van der Waals surface area contributed by atoms with Gasteiger partial charge in [0.15, 0.2) is 0 Å². The predicted octanol–water partition coefficient (Wildman–Crippen LogP) is 4.46. The Labute approximate surface area is 108 Å². The molecule has 0 fully saturated rings. The Morgan fingerprint density at radius 2 is 1.71 bits per heavy atom. The van der Waals surface area contributed by atoms with Gasteiger partial charge in [0.05, 0.1) is 22.1 Å². The van der Waals surface area contributed by atoms with Crippen LogP contribution in [-0.4, -0.2) is 0 Å². The molecule has 0 aliphatic rings. The van der Waals surface area contributed by atoms with Gasteiger partial charge < -0.3 is 11.1 Å². The van der Waals surface area contributed by atoms with Crippen LogP contribution in [0.25, 0.3) is 0 Å². The SMILES string of the molecule is Nc1cc(Cl)ccc1Nc1ccc(F)cc1Cl. The van der Waals surface area contributed by atoms with E-state index in [-0.39, 0.29) is 5.82 Å². The molecule has 0 saturated heterocycles. The Balaban J connectivity index is 2.31. The summed E-state index contributed by atoms with van der Waals surface area (Å²) in [6.45, 7) is 0. The summed E-state index contributed by atoms with van der Waals surface area (Å²) in [6, 6.07) is 9.17. The average molecular weight is 271 g/mol. The third-order valence-corrected chi connectivity index (χ3v) is 2.76. The van der Waals surface area contributed by atoms with E-state index < -0.39 is 0 Å². The van der Waals surface area contributed by atoms with Crippen molar-refractivity contribution in [1.29, 1.82) is 0 Å². The summed E-state index contributed by atoms with van der Waals surface area (Å²) in [5.41, 5.74) is 7.54. The first kappa shape index (κ1) is 12.0. The summed E-state index contributed by atoms with van der Waals surface area (Å²) in [6.07, 6.45) is 0. The molecule has 0 heterocycles. The van der Waals surface area contributed by atoms with E-state index in [1.165, 1.54) is 12.1 Å². The summed E-state index contributed by atoms with van der Waals surface area (Å²) in [4.78, 5) is 0. The van der Waals surface area contributed by atoms with Crippen LogP contribution in [0, 0.1) is 5.82 Å². The minimum atomic E-state index is -0.385. The smallest absolute Gasteiger partial charge is 0.124 e. The summed E-state index contributed by atoms with van der Waals surface area (Å²) >= 11 is 11.7. The Kier molecular flexibility index (Phi) is 3.41. The first-order chi connectivity index (χ1) is 8.06. The van der Waals surface area contributed by atoms with Gasteiger partial charge in [0.1, 0.15) is 5.82 Å². The van der Waals surface area contributed by atoms with Gasteiger partial charge in [-0.15, -0.1) is 0 Å². The molecule has 0 aliphatic heterocycles. The molecule has 0 atom stereocenters. The second-order valence-electron chi connectivity index (χ2n) is 3.48. The van der Waals surface area contributed by atoms with Crippen LogP contribution in [0.1, 0.15) is 0 Å². The highest BCUT2D eigenvalue weighted by Crippen LogP contribution is 2.30. The van der Waals surface area contributed by atoms with Crippen molar-refractivity contribution in [2.24, 2.45) is 0 Å². The van der Waals surface area contributed by atoms with Gasteiger partial charge in [0, 0.05) is 5.02 Å². The van der Waals surface area contributed by atoms with Crippen molar-refractivity contribution < 1.29 is 4.39 Å². The molecule has 0 radical (unpaired) electrons. The molecule has 0 aromatic heterocycles. The highest BCUT2D eigenvalue weighted by molar-refractivity contribution is 6.33. The monoisotopic (exact) mass is 270 g/mol. The maximum absolute atomic E-state index is 12.9. The molecule has 0 aliphatic carbocycles. The van der Waals surface area contributed by atoms with E-state index in [0.717, 1.165) is 0 Å². The summed E-state index contributed by atoms with van der Waals surface area (Å²) in [7, 11) is 0. The van der Waals surface area contributed by atoms with Crippen LogP contribution in [0.2, 0.25) is 10.0 Å². The van der Waals surface area contributed by atoms with Crippen LogP contribution >= 0.6 is 23.2 Å². The van der Waals surface area contributed by atoms with Crippen molar-refractivity contribution >= 4 is 40.3 Å². The van der Waals surface area contributed by atoms with E-state index in [2.05, 4.69) is 5.32 Å². The molecule has 2 aromatic rings. The van der Waals surface area contributed by atoms with E-state index in [4.69, 9.17) is 28.9 Å². The molecule has 2 nitrogen and oxygen atoms in total. The number of hydrogen-bond donors (Lipinski definition) is 2. The van der Waals surface area contributed by atoms with Crippen molar-refractivity contribution in [3.8, 4) is 0 Å². The standard InChI is InChI=1S/C12H9Cl2FN2/c13-7-1-3-12(10(16)5-7)17-11-4-2-8(15)6-9(11)14/h1-6,17H,16H2. The lowest BCUT2D eigenvalue weighted by molar-refractivity contribution is 0.628. The first-order valence-corrected chi connectivity index (χ1v) is 5.59. The van der Waals surface area contributed by atoms with Crippen LogP contribution < -0.4 is 11.1 Å². The van der Waals surface area contributed by atoms with Gasteiger partial charge in [-0.25, -0.2) is 4.39 Å². The van der Waals surface area contributed by atoms with Crippen molar-refractivity contribution in [2.45, 2.75) is 0 Å². The minimum absolute atomic E-state index is 0.291. The zero-order valence-corrected chi connectivity index (χ0v) is 10.2. The third kappa shape index (κ3) is 2.81. The molecule has 2 rings (SSSR count). The first-order valence-electron chi connectivity index (χ1n) is 4.83. The van der Waals surface area contributed by atoms with Crippen LogP contribution in [0.5, 0.6) is 0 Å². The Morgan fingerprint density at radius 1 is 1.00 bits per heavy atom. The van der Waals surface area contributed by atoms with E-state index in [9.17, 15) is 4.39 Å². The summed E-state index contributed by atoms with van der Waals surface area (Å²) in [5, 5.41) is 3.86. The Morgan fingerprint density at radius 3 is 2.35 bits per heavy atom. The zero-order chi connectivity index (χ0) is 12.4. The number of nitrogen functional groups attached to an aromatic ring is 1. The maximum atomic E-state index is 12.9. The molecule has 0 amide bonds. The largest absolute Gasteiger partial charge is 0.397 e. The van der Waals surface area contributed by atoms with Crippen molar-refractivity contribution in [3.05, 3.63) is 52.3 Å². The van der Waals surface area contributed by atoms with Gasteiger partial charge in [0.2, 0.25) is 0 Å². The van der Waals surface area contributed by atoms with Crippen LogP contribution in [-0.2, 0) is 0 Å². The average Bonchev–Trinajstić information content (AvgIpc) is 2.25. The quantitative estimate of drug-likeness (QED) is 0.791. The van der Waals surface area contributed by atoms with E-state index in [1.807, 2.05) is 0 Å². The zero-order valence-electron chi connectivity index (χ0n) is 8.68. The fraction of sp³-hybridized carbons (Fsp3) is 0. The number of nitrogens with one attached hydrogen (secondary N) is 1. The second kappa shape index (κ2) is 4.82. The summed E-state index contributed by atoms with van der Waals surface area (Å²) in [5.74, 6) is -0.385. The van der Waals surface area contributed by atoms with Gasteiger partial charge in [-0.2, -0.15) is 0 Å². The molecule has 0 unspecified atom stereocenters. The summed E-state index contributed by atoms with van der Waals surface area (Å²) < 4.78 is 12.9. The van der Waals surface area contributed by atoms with Crippen LogP contribution in [0.4, 0.5) is 21.5 Å². The maximum Gasteiger partial charge on any atom is 0.124 e. The Bertz CT molecular complexity index is 509. The number of halogens is 3. The topological polar surface area (TPSA) is 38.0 Å². The number of nitrogens with two attached hydrogens (primary N) is 1. The van der Waals surface area contributed by atoms with E-state index in [0.29, 0.717) is 27.1 Å². The highest BCUT2D eigenvalue weighted by atomic mass is 35.5. The van der Waals surface area contributed by atoms with Crippen LogP contribution in [0.15, 0.2) is 36.4 Å². The number of benzene rings is 2. The number of hydrogen-bond acceptors (Lipinski definition) is 2. The number of rotatable bonds is 2. The van der Waals surface area contributed by atoms with Crippen molar-refractivity contribution in [3.63, 3.8) is 0 Å². The predicted molar refractivity (Wildman–Crippen MR) is 70.6 cm³/mol. The van der Waals surface area contributed by atoms with Crippen LogP contribution in [0.3, 0.4) is 0 Å². The van der Waals surface area contributed by atoms with Gasteiger partial charge in [0.25, 0.3) is 0 Å². The fourth-order valence-corrected chi connectivity index (χ4v) is 1.78. The molecular formula is C12H9Cl2FN2. The molecule has 2 aromatic carbocycles. The van der Waals surface area contributed by atoms with Crippen molar-refractivity contribution in [1.82, 2.24) is 0 Å². The van der Waals surface area contributed by atoms with Gasteiger partial charge in [-0.3, -0.25) is 0 Å². The fourth-order valence-electron chi connectivity index (χ4n) is 1.38. The Hall–Kier alpha value is -1.45. The highest BCUT2D eigenvalue weighted by Gasteiger charge is 2.05. The van der Waals surface area contributed by atoms with Gasteiger partial charge >= 0.3 is 0 Å². The molecule has 17 heavy (non-hydrogen) atoms. The van der Waals surface area contributed by atoms with Gasteiger partial charge in [-0.1, -0.05) is 23.2 Å². The molecule has 0 saturated carbocycles. The van der Waals surface area contributed by atoms with E-state index in [1.54, 1.807) is 24.3 Å². The molecule has 5 heteroatoms. The lowest BCUT2D eigenvalue weighted by Crippen LogP contribution is -1.96. The molecule has 0 spiro atoms. The molecule has 88 valence electrons. The minimum Gasteiger partial charge on any atom is -0.397 e. The lowest BCUT2D eigenvalue weighted by atomic mass is 10.2. The molecular weight excluding hydrogens is 262 g/mol. The molecule has 3 N–H and O–H groups in total.